The van der Waals surface area contributed by atoms with Gasteiger partial charge in [-0.2, -0.15) is 0 Å². The van der Waals surface area contributed by atoms with E-state index in [0.29, 0.717) is 11.3 Å². The van der Waals surface area contributed by atoms with Gasteiger partial charge in [0.15, 0.2) is 0 Å². The van der Waals surface area contributed by atoms with Gasteiger partial charge in [0.2, 0.25) is 9.84 Å². The van der Waals surface area contributed by atoms with E-state index in [0.717, 1.165) is 6.07 Å². The lowest BCUT2D eigenvalue weighted by molar-refractivity contribution is -0.384. The monoisotopic (exact) mass is 457 g/mol. The van der Waals surface area contributed by atoms with Crippen LogP contribution in [-0.2, 0) is 16.3 Å². The predicted octanol–water partition coefficient (Wildman–Crippen LogP) is 2.73. The molecule has 0 aliphatic carbocycles. The molecule has 10 nitrogen and oxygen atoms in total. The molecule has 0 bridgehead atoms. The lowest BCUT2D eigenvalue weighted by atomic mass is 9.96. The molecule has 0 saturated carbocycles. The van der Waals surface area contributed by atoms with Crippen LogP contribution in [-0.4, -0.2) is 31.6 Å². The van der Waals surface area contributed by atoms with E-state index in [1.807, 2.05) is 0 Å². The average molecular weight is 457 g/mol. The number of anilines is 1. The number of benzene rings is 3. The second-order valence-corrected chi connectivity index (χ2v) is 8.62. The van der Waals surface area contributed by atoms with E-state index in [-0.39, 0.29) is 22.4 Å². The molecule has 0 saturated heterocycles. The molecular formula is C21H19N3O7S. The van der Waals surface area contributed by atoms with Crippen LogP contribution in [0.5, 0.6) is 5.75 Å². The standard InChI is InChI=1S/C21H19N3O7S/c1-31-14-7-9-15(10-8-14)32(29,30)18-12-17(21(25)23-26)16(20(19(18)22)24(27)28)11-13-5-3-2-4-6-13/h2-10,12,26H,11,22H2,1H3,(H,23,25). The highest BCUT2D eigenvalue weighted by Gasteiger charge is 2.33. The van der Waals surface area contributed by atoms with Crippen LogP contribution in [0.4, 0.5) is 11.4 Å². The van der Waals surface area contributed by atoms with Crippen LogP contribution < -0.4 is 16.0 Å². The van der Waals surface area contributed by atoms with Crippen LogP contribution in [0.2, 0.25) is 0 Å². The van der Waals surface area contributed by atoms with Gasteiger partial charge in [-0.25, -0.2) is 13.9 Å². The first-order valence-electron chi connectivity index (χ1n) is 9.18. The first-order chi connectivity index (χ1) is 15.2. The summed E-state index contributed by atoms with van der Waals surface area (Å²) >= 11 is 0. The molecule has 0 radical (unpaired) electrons. The van der Waals surface area contributed by atoms with Crippen molar-refractivity contribution >= 4 is 27.1 Å². The van der Waals surface area contributed by atoms with E-state index in [1.54, 1.807) is 30.3 Å². The van der Waals surface area contributed by atoms with Gasteiger partial charge in [0, 0.05) is 12.0 Å². The number of nitrogens with two attached hydrogens (primary N) is 1. The van der Waals surface area contributed by atoms with Gasteiger partial charge in [-0.15, -0.1) is 0 Å². The molecule has 3 aromatic carbocycles. The number of nitrogens with one attached hydrogen (secondary N) is 1. The Labute approximate surface area is 183 Å². The zero-order valence-electron chi connectivity index (χ0n) is 16.8. The number of methoxy groups -OCH3 is 1. The van der Waals surface area contributed by atoms with Crippen molar-refractivity contribution in [2.24, 2.45) is 0 Å². The van der Waals surface area contributed by atoms with Crippen molar-refractivity contribution in [3.63, 3.8) is 0 Å². The minimum Gasteiger partial charge on any atom is -0.497 e. The number of nitrogens with zero attached hydrogens (tertiary/aromatic N) is 1. The van der Waals surface area contributed by atoms with Crippen molar-refractivity contribution in [3.8, 4) is 5.75 Å². The summed E-state index contributed by atoms with van der Waals surface area (Å²) in [5.41, 5.74) is 6.18. The maximum absolute atomic E-state index is 13.2. The molecule has 3 rings (SSSR count). The summed E-state index contributed by atoms with van der Waals surface area (Å²) in [6.07, 6.45) is -0.0903. The first kappa shape index (κ1) is 22.7. The van der Waals surface area contributed by atoms with E-state index in [9.17, 15) is 28.5 Å². The fraction of sp³-hybridized carbons (Fsp3) is 0.0952. The van der Waals surface area contributed by atoms with Gasteiger partial charge >= 0.3 is 0 Å². The van der Waals surface area contributed by atoms with E-state index in [1.165, 1.54) is 36.9 Å². The van der Waals surface area contributed by atoms with Crippen molar-refractivity contribution in [1.82, 2.24) is 5.48 Å². The number of nitro benzene ring substituents is 1. The number of nitrogen functional groups attached to an aromatic ring is 1. The molecule has 0 atom stereocenters. The maximum atomic E-state index is 13.2. The molecule has 11 heteroatoms. The number of amides is 1. The van der Waals surface area contributed by atoms with Gasteiger partial charge in [-0.1, -0.05) is 30.3 Å². The molecule has 0 unspecified atom stereocenters. The molecule has 0 fully saturated rings. The quantitative estimate of drug-likeness (QED) is 0.211. The van der Waals surface area contributed by atoms with Crippen molar-refractivity contribution in [2.75, 3.05) is 12.8 Å². The Kier molecular flexibility index (Phi) is 6.42. The fourth-order valence-electron chi connectivity index (χ4n) is 3.26. The number of hydroxylamine groups is 1. The summed E-state index contributed by atoms with van der Waals surface area (Å²) in [5.74, 6) is -0.702. The van der Waals surface area contributed by atoms with Crippen LogP contribution in [0.15, 0.2) is 70.5 Å². The Balaban J connectivity index is 2.29. The highest BCUT2D eigenvalue weighted by Crippen LogP contribution is 2.39. The number of ether oxygens (including phenoxy) is 1. The number of nitro groups is 1. The zero-order chi connectivity index (χ0) is 23.5. The Morgan fingerprint density at radius 2 is 1.78 bits per heavy atom. The average Bonchev–Trinajstić information content (AvgIpc) is 2.79. The summed E-state index contributed by atoms with van der Waals surface area (Å²) in [7, 11) is -2.94. The Morgan fingerprint density at radius 3 is 2.31 bits per heavy atom. The van der Waals surface area contributed by atoms with Crippen molar-refractivity contribution in [1.29, 1.82) is 0 Å². The molecule has 166 valence electrons. The third-order valence-electron chi connectivity index (χ3n) is 4.82. The Bertz CT molecular complexity index is 1270. The second kappa shape index (κ2) is 9.04. The van der Waals surface area contributed by atoms with E-state index in [2.05, 4.69) is 0 Å². The molecule has 0 aliphatic rings. The number of sulfone groups is 1. The van der Waals surface area contributed by atoms with Crippen LogP contribution in [0.1, 0.15) is 21.5 Å². The number of carbonyl (C=O) groups is 1. The molecule has 0 spiro atoms. The Morgan fingerprint density at radius 1 is 1.16 bits per heavy atom. The smallest absolute Gasteiger partial charge is 0.297 e. The minimum absolute atomic E-state index is 0.0903. The summed E-state index contributed by atoms with van der Waals surface area (Å²) in [5, 5.41) is 21.1. The molecule has 0 heterocycles. The summed E-state index contributed by atoms with van der Waals surface area (Å²) < 4.78 is 31.5. The van der Waals surface area contributed by atoms with Crippen LogP contribution in [0.25, 0.3) is 0 Å². The van der Waals surface area contributed by atoms with Crippen molar-refractivity contribution in [2.45, 2.75) is 16.2 Å². The SMILES string of the molecule is COc1ccc(S(=O)(=O)c2cc(C(=O)NO)c(Cc3ccccc3)c([N+](=O)[O-])c2N)cc1. The molecule has 1 amide bonds. The third-order valence-corrected chi connectivity index (χ3v) is 6.63. The summed E-state index contributed by atoms with van der Waals surface area (Å²) in [6.45, 7) is 0. The summed E-state index contributed by atoms with van der Waals surface area (Å²) in [4.78, 5) is 22.6. The van der Waals surface area contributed by atoms with Gasteiger partial charge in [-0.05, 0) is 35.9 Å². The van der Waals surface area contributed by atoms with Crippen molar-refractivity contribution in [3.05, 3.63) is 87.5 Å². The van der Waals surface area contributed by atoms with Gasteiger partial charge in [0.1, 0.15) is 16.3 Å². The van der Waals surface area contributed by atoms with Gasteiger partial charge < -0.3 is 10.5 Å². The first-order valence-corrected chi connectivity index (χ1v) is 10.7. The topological polar surface area (TPSA) is 162 Å². The Hall–Kier alpha value is -3.96. The third kappa shape index (κ3) is 4.24. The highest BCUT2D eigenvalue weighted by molar-refractivity contribution is 7.91. The number of carbonyl (C=O) groups excluding carboxylic acids is 1. The van der Waals surface area contributed by atoms with Gasteiger partial charge in [-0.3, -0.25) is 20.1 Å². The molecule has 3 aromatic rings. The molecule has 32 heavy (non-hydrogen) atoms. The molecule has 0 aliphatic heterocycles. The lowest BCUT2D eigenvalue weighted by Gasteiger charge is -2.15. The number of hydrogen-bond donors (Lipinski definition) is 3. The zero-order valence-corrected chi connectivity index (χ0v) is 17.6. The van der Waals surface area contributed by atoms with E-state index >= 15 is 0 Å². The van der Waals surface area contributed by atoms with Gasteiger partial charge in [0.25, 0.3) is 11.6 Å². The minimum atomic E-state index is -4.35. The molecule has 0 aromatic heterocycles. The molecular weight excluding hydrogens is 438 g/mol. The van der Waals surface area contributed by atoms with Crippen molar-refractivity contribution < 1.29 is 28.1 Å². The summed E-state index contributed by atoms with van der Waals surface area (Å²) in [6, 6.07) is 14.8. The normalized spacial score (nSPS) is 11.1. The highest BCUT2D eigenvalue weighted by atomic mass is 32.2. The van der Waals surface area contributed by atoms with Crippen LogP contribution >= 0.6 is 0 Å². The predicted molar refractivity (Wildman–Crippen MR) is 114 cm³/mol. The van der Waals surface area contributed by atoms with E-state index < -0.39 is 36.9 Å². The number of hydrogen-bond acceptors (Lipinski definition) is 8. The second-order valence-electron chi connectivity index (χ2n) is 6.70. The van der Waals surface area contributed by atoms with Crippen LogP contribution in [0, 0.1) is 10.1 Å². The maximum Gasteiger partial charge on any atom is 0.297 e. The molecule has 4 N–H and O–H groups in total. The van der Waals surface area contributed by atoms with Gasteiger partial charge in [0.05, 0.1) is 22.5 Å². The number of rotatable bonds is 7. The largest absolute Gasteiger partial charge is 0.497 e. The van der Waals surface area contributed by atoms with Crippen LogP contribution in [0.3, 0.4) is 0 Å². The lowest BCUT2D eigenvalue weighted by Crippen LogP contribution is -2.23. The van der Waals surface area contributed by atoms with E-state index in [4.69, 9.17) is 10.5 Å². The fourth-order valence-corrected chi connectivity index (χ4v) is 4.66.